The number of piperidine rings is 1. The summed E-state index contributed by atoms with van der Waals surface area (Å²) in [6, 6.07) is 0. The van der Waals surface area contributed by atoms with Gasteiger partial charge in [0.05, 0.1) is 13.1 Å². The maximum absolute atomic E-state index is 5.32. The van der Waals surface area contributed by atoms with Gasteiger partial charge in [-0.1, -0.05) is 11.4 Å². The van der Waals surface area contributed by atoms with Crippen molar-refractivity contribution in [3.05, 3.63) is 0 Å². The molecule has 0 unspecified atom stereocenters. The van der Waals surface area contributed by atoms with Crippen molar-refractivity contribution >= 4 is 0 Å². The lowest BCUT2D eigenvalue weighted by molar-refractivity contribution is -0.0293. The van der Waals surface area contributed by atoms with Crippen molar-refractivity contribution < 1.29 is 4.74 Å². The molecule has 0 aromatic rings. The summed E-state index contributed by atoms with van der Waals surface area (Å²) in [5, 5.41) is 4.97. The zero-order valence-corrected chi connectivity index (χ0v) is 7.67. The van der Waals surface area contributed by atoms with Crippen LogP contribution in [0.25, 0.3) is 0 Å². The molecule has 2 heterocycles. The SMILES string of the molecule is C1CCN([N+]2CCOCC2)CC1. The second-order valence-electron chi connectivity index (χ2n) is 3.58. The van der Waals surface area contributed by atoms with Crippen LogP contribution in [0.2, 0.25) is 0 Å². The normalized spacial score (nSPS) is 29.0. The Bertz CT molecular complexity index is 112. The Morgan fingerprint density at radius 1 is 0.917 bits per heavy atom. The van der Waals surface area contributed by atoms with E-state index in [1.807, 2.05) is 0 Å². The van der Waals surface area contributed by atoms with E-state index in [-0.39, 0.29) is 0 Å². The molecule has 0 atom stereocenters. The van der Waals surface area contributed by atoms with Gasteiger partial charge >= 0.3 is 0 Å². The number of nitrogens with zero attached hydrogens (tertiary/aromatic N) is 2. The number of ether oxygens (including phenoxy) is 1. The molecule has 0 amide bonds. The molecule has 0 aliphatic carbocycles. The van der Waals surface area contributed by atoms with Crippen LogP contribution in [0, 0.1) is 0 Å². The molecule has 1 radical (unpaired) electrons. The molecule has 0 N–H and O–H groups in total. The third-order valence-electron chi connectivity index (χ3n) is 2.72. The average molecular weight is 170 g/mol. The fourth-order valence-corrected chi connectivity index (χ4v) is 2.00. The molecular weight excluding hydrogens is 152 g/mol. The van der Waals surface area contributed by atoms with E-state index in [0.717, 1.165) is 26.3 Å². The second kappa shape index (κ2) is 4.21. The highest BCUT2D eigenvalue weighted by Crippen LogP contribution is 2.10. The van der Waals surface area contributed by atoms with Crippen LogP contribution in [-0.4, -0.2) is 44.4 Å². The molecule has 12 heavy (non-hydrogen) atoms. The van der Waals surface area contributed by atoms with Crippen molar-refractivity contribution in [3.8, 4) is 0 Å². The molecule has 2 saturated heterocycles. The first-order valence-corrected chi connectivity index (χ1v) is 5.04. The Balaban J connectivity index is 1.80. The topological polar surface area (TPSA) is 18.4 Å². The first-order valence-electron chi connectivity index (χ1n) is 5.04. The van der Waals surface area contributed by atoms with Crippen LogP contribution in [-0.2, 0) is 4.74 Å². The maximum atomic E-state index is 5.32. The molecule has 69 valence electrons. The lowest BCUT2D eigenvalue weighted by Crippen LogP contribution is -2.54. The van der Waals surface area contributed by atoms with E-state index in [9.17, 15) is 0 Å². The zero-order valence-electron chi connectivity index (χ0n) is 7.67. The number of hydrogen-bond donors (Lipinski definition) is 0. The Hall–Kier alpha value is -0.120. The predicted octanol–water partition coefficient (Wildman–Crippen LogP) is 0.558. The lowest BCUT2D eigenvalue weighted by atomic mass is 10.2. The minimum Gasteiger partial charge on any atom is -0.369 e. The molecule has 0 spiro atoms. The maximum Gasteiger partial charge on any atom is 0.168 e. The summed E-state index contributed by atoms with van der Waals surface area (Å²) in [6.45, 7) is 6.55. The van der Waals surface area contributed by atoms with Crippen LogP contribution in [0.1, 0.15) is 19.3 Å². The number of hydrogen-bond acceptors (Lipinski definition) is 3. The van der Waals surface area contributed by atoms with Crippen LogP contribution < -0.4 is 5.01 Å². The summed E-state index contributed by atoms with van der Waals surface area (Å²) in [7, 11) is 0. The monoisotopic (exact) mass is 170 g/mol. The first kappa shape index (κ1) is 8.48. The molecule has 0 saturated carbocycles. The van der Waals surface area contributed by atoms with E-state index in [1.165, 1.54) is 32.4 Å². The summed E-state index contributed by atoms with van der Waals surface area (Å²) >= 11 is 0. The van der Waals surface area contributed by atoms with Gasteiger partial charge in [0.15, 0.2) is 13.1 Å². The van der Waals surface area contributed by atoms with Gasteiger partial charge in [-0.05, 0) is 12.8 Å². The van der Waals surface area contributed by atoms with Crippen molar-refractivity contribution in [2.45, 2.75) is 19.3 Å². The van der Waals surface area contributed by atoms with Gasteiger partial charge in [-0.15, -0.1) is 5.01 Å². The fraction of sp³-hybridized carbons (Fsp3) is 1.00. The Morgan fingerprint density at radius 2 is 1.58 bits per heavy atom. The summed E-state index contributed by atoms with van der Waals surface area (Å²) in [5.74, 6) is 0. The van der Waals surface area contributed by atoms with Crippen LogP contribution in [0.15, 0.2) is 0 Å². The molecule has 0 aromatic carbocycles. The smallest absolute Gasteiger partial charge is 0.168 e. The predicted molar refractivity (Wildman–Crippen MR) is 48.1 cm³/mol. The average Bonchev–Trinajstić information content (AvgIpc) is 2.21. The summed E-state index contributed by atoms with van der Waals surface area (Å²) in [4.78, 5) is 0. The minimum atomic E-state index is 0.913. The molecule has 2 aliphatic heterocycles. The quantitative estimate of drug-likeness (QED) is 0.535. The van der Waals surface area contributed by atoms with Crippen LogP contribution in [0.4, 0.5) is 0 Å². The molecule has 2 fully saturated rings. The fourth-order valence-electron chi connectivity index (χ4n) is 2.00. The highest BCUT2D eigenvalue weighted by atomic mass is 16.5. The second-order valence-corrected chi connectivity index (χ2v) is 3.58. The van der Waals surface area contributed by atoms with Gasteiger partial charge in [0, 0.05) is 0 Å². The van der Waals surface area contributed by atoms with E-state index < -0.39 is 0 Å². The molecule has 3 nitrogen and oxygen atoms in total. The van der Waals surface area contributed by atoms with Gasteiger partial charge < -0.3 is 4.74 Å². The van der Waals surface area contributed by atoms with Crippen LogP contribution in [0.5, 0.6) is 0 Å². The summed E-state index contributed by atoms with van der Waals surface area (Å²) < 4.78 is 5.32. The number of rotatable bonds is 1. The van der Waals surface area contributed by atoms with Crippen molar-refractivity contribution in [2.75, 3.05) is 39.4 Å². The van der Waals surface area contributed by atoms with E-state index in [2.05, 4.69) is 10.0 Å². The van der Waals surface area contributed by atoms with Crippen molar-refractivity contribution in [2.24, 2.45) is 0 Å². The standard InChI is InChI=1S/C9H18N2O/c1-2-4-10(5-3-1)11-6-8-12-9-7-11/h1-9H2/q+1. The van der Waals surface area contributed by atoms with Crippen molar-refractivity contribution in [3.63, 3.8) is 0 Å². The Labute approximate surface area is 74.3 Å². The Morgan fingerprint density at radius 3 is 2.25 bits per heavy atom. The van der Waals surface area contributed by atoms with E-state index in [4.69, 9.17) is 4.74 Å². The van der Waals surface area contributed by atoms with E-state index in [0.29, 0.717) is 0 Å². The van der Waals surface area contributed by atoms with E-state index in [1.54, 1.807) is 0 Å². The number of hydrazine groups is 1. The van der Waals surface area contributed by atoms with Gasteiger partial charge in [-0.2, -0.15) is 0 Å². The van der Waals surface area contributed by atoms with Gasteiger partial charge in [0.2, 0.25) is 0 Å². The van der Waals surface area contributed by atoms with Gasteiger partial charge in [-0.3, -0.25) is 0 Å². The zero-order chi connectivity index (χ0) is 8.23. The lowest BCUT2D eigenvalue weighted by Gasteiger charge is -2.29. The van der Waals surface area contributed by atoms with Crippen LogP contribution >= 0.6 is 0 Å². The molecule has 2 aliphatic rings. The van der Waals surface area contributed by atoms with E-state index >= 15 is 0 Å². The minimum absolute atomic E-state index is 0.913. The third-order valence-corrected chi connectivity index (χ3v) is 2.72. The molecule has 2 rings (SSSR count). The highest BCUT2D eigenvalue weighted by Gasteiger charge is 2.28. The highest BCUT2D eigenvalue weighted by molar-refractivity contribution is 4.70. The summed E-state index contributed by atoms with van der Waals surface area (Å²) in [5.41, 5.74) is 0. The molecular formula is C9H18N2O+. The third kappa shape index (κ3) is 1.97. The largest absolute Gasteiger partial charge is 0.369 e. The van der Waals surface area contributed by atoms with Gasteiger partial charge in [-0.25, -0.2) is 0 Å². The molecule has 0 bridgehead atoms. The first-order chi connectivity index (χ1) is 5.97. The number of morpholine rings is 1. The Kier molecular flexibility index (Phi) is 2.98. The van der Waals surface area contributed by atoms with Crippen molar-refractivity contribution in [1.82, 2.24) is 10.0 Å². The molecule has 3 heteroatoms. The van der Waals surface area contributed by atoms with Crippen molar-refractivity contribution in [1.29, 1.82) is 0 Å². The summed E-state index contributed by atoms with van der Waals surface area (Å²) in [6.07, 6.45) is 4.16. The molecule has 0 aromatic heterocycles. The van der Waals surface area contributed by atoms with Gasteiger partial charge in [0.25, 0.3) is 0 Å². The van der Waals surface area contributed by atoms with Gasteiger partial charge in [0.1, 0.15) is 13.2 Å². The van der Waals surface area contributed by atoms with Crippen LogP contribution in [0.3, 0.4) is 0 Å².